The van der Waals surface area contributed by atoms with Crippen LogP contribution in [0.2, 0.25) is 0 Å². The predicted molar refractivity (Wildman–Crippen MR) is 86.1 cm³/mol. The molecule has 2 rings (SSSR count). The molecular weight excluding hydrogens is 296 g/mol. The van der Waals surface area contributed by atoms with Crippen LogP contribution in [0.5, 0.6) is 0 Å². The number of aliphatic carboxylic acids is 1. The highest BCUT2D eigenvalue weighted by atomic mass is 16.6. The van der Waals surface area contributed by atoms with Crippen LogP contribution in [0, 0.1) is 5.92 Å². The Morgan fingerprint density at radius 1 is 1.26 bits per heavy atom. The van der Waals surface area contributed by atoms with Gasteiger partial charge in [-0.05, 0) is 37.4 Å². The van der Waals surface area contributed by atoms with Gasteiger partial charge in [-0.3, -0.25) is 9.69 Å². The molecule has 1 aliphatic rings. The molecule has 0 bridgehead atoms. The Bertz CT molecular complexity index is 513. The second-order valence-electron chi connectivity index (χ2n) is 6.03. The molecule has 1 aromatic carbocycles. The highest BCUT2D eigenvalue weighted by Crippen LogP contribution is 2.18. The first kappa shape index (κ1) is 17.3. The number of amides is 1. The van der Waals surface area contributed by atoms with Crippen LogP contribution in [-0.2, 0) is 16.1 Å². The fourth-order valence-electron chi connectivity index (χ4n) is 2.81. The summed E-state index contributed by atoms with van der Waals surface area (Å²) in [7, 11) is 1.75. The number of rotatable bonds is 6. The molecule has 0 radical (unpaired) electrons. The lowest BCUT2D eigenvalue weighted by atomic mass is 9.96. The van der Waals surface area contributed by atoms with Crippen molar-refractivity contribution in [2.75, 3.05) is 33.2 Å². The maximum absolute atomic E-state index is 12.0. The molecule has 1 fully saturated rings. The topological polar surface area (TPSA) is 70.1 Å². The van der Waals surface area contributed by atoms with Crippen molar-refractivity contribution in [1.29, 1.82) is 0 Å². The lowest BCUT2D eigenvalue weighted by molar-refractivity contribution is -0.138. The first-order valence-corrected chi connectivity index (χ1v) is 7.90. The van der Waals surface area contributed by atoms with Gasteiger partial charge in [0.25, 0.3) is 0 Å². The van der Waals surface area contributed by atoms with E-state index in [-0.39, 0.29) is 19.2 Å². The summed E-state index contributed by atoms with van der Waals surface area (Å²) in [5.41, 5.74) is 0.969. The molecule has 0 aliphatic carbocycles. The molecule has 23 heavy (non-hydrogen) atoms. The number of carbonyl (C=O) groups excluding carboxylic acids is 1. The molecule has 0 saturated carbocycles. The van der Waals surface area contributed by atoms with E-state index in [0.717, 1.165) is 31.5 Å². The largest absolute Gasteiger partial charge is 0.480 e. The van der Waals surface area contributed by atoms with Crippen molar-refractivity contribution in [3.63, 3.8) is 0 Å². The van der Waals surface area contributed by atoms with Gasteiger partial charge in [-0.25, -0.2) is 4.79 Å². The lowest BCUT2D eigenvalue weighted by Gasteiger charge is -2.32. The molecule has 6 heteroatoms. The van der Waals surface area contributed by atoms with Crippen molar-refractivity contribution >= 4 is 12.1 Å². The van der Waals surface area contributed by atoms with E-state index in [4.69, 9.17) is 9.84 Å². The van der Waals surface area contributed by atoms with Crippen LogP contribution in [0.15, 0.2) is 30.3 Å². The molecule has 1 saturated heterocycles. The van der Waals surface area contributed by atoms with E-state index in [9.17, 15) is 9.59 Å². The second kappa shape index (κ2) is 8.53. The summed E-state index contributed by atoms with van der Waals surface area (Å²) >= 11 is 0. The minimum absolute atomic E-state index is 0.0989. The molecule has 1 amide bonds. The Kier molecular flexibility index (Phi) is 6.40. The van der Waals surface area contributed by atoms with E-state index >= 15 is 0 Å². The summed E-state index contributed by atoms with van der Waals surface area (Å²) in [6.45, 7) is 2.56. The number of hydrogen-bond acceptors (Lipinski definition) is 4. The smallest absolute Gasteiger partial charge is 0.409 e. The molecule has 1 heterocycles. The van der Waals surface area contributed by atoms with Crippen molar-refractivity contribution in [3.8, 4) is 0 Å². The van der Waals surface area contributed by atoms with E-state index in [1.165, 1.54) is 0 Å². The summed E-state index contributed by atoms with van der Waals surface area (Å²) in [6.07, 6.45) is 1.49. The van der Waals surface area contributed by atoms with Gasteiger partial charge in [0, 0.05) is 13.6 Å². The van der Waals surface area contributed by atoms with Crippen molar-refractivity contribution < 1.29 is 19.4 Å². The number of piperidine rings is 1. The summed E-state index contributed by atoms with van der Waals surface area (Å²) in [5.74, 6) is -0.389. The Morgan fingerprint density at radius 3 is 2.52 bits per heavy atom. The molecule has 1 N–H and O–H groups in total. The van der Waals surface area contributed by atoms with Gasteiger partial charge in [0.15, 0.2) is 0 Å². The quantitative estimate of drug-likeness (QED) is 0.869. The van der Waals surface area contributed by atoms with Crippen LogP contribution < -0.4 is 0 Å². The van der Waals surface area contributed by atoms with E-state index in [0.29, 0.717) is 12.5 Å². The number of carboxylic acid groups (broad SMARTS) is 1. The van der Waals surface area contributed by atoms with E-state index < -0.39 is 5.97 Å². The molecular formula is C17H24N2O4. The second-order valence-corrected chi connectivity index (χ2v) is 6.03. The molecule has 0 aromatic heterocycles. The zero-order valence-electron chi connectivity index (χ0n) is 13.5. The average Bonchev–Trinajstić information content (AvgIpc) is 2.55. The molecule has 0 spiro atoms. The fraction of sp³-hybridized carbons (Fsp3) is 0.529. The zero-order valence-corrected chi connectivity index (χ0v) is 13.5. The average molecular weight is 320 g/mol. The van der Waals surface area contributed by atoms with Crippen molar-refractivity contribution in [2.24, 2.45) is 5.92 Å². The molecule has 1 aromatic rings. The van der Waals surface area contributed by atoms with E-state index in [1.807, 2.05) is 35.2 Å². The fourth-order valence-corrected chi connectivity index (χ4v) is 2.81. The van der Waals surface area contributed by atoms with Gasteiger partial charge in [-0.1, -0.05) is 30.3 Å². The van der Waals surface area contributed by atoms with Crippen LogP contribution >= 0.6 is 0 Å². The SMILES string of the molecule is CN(CC1CCN(CC(=O)O)CC1)C(=O)OCc1ccccc1. The van der Waals surface area contributed by atoms with Crippen molar-refractivity contribution in [2.45, 2.75) is 19.4 Å². The van der Waals surface area contributed by atoms with Gasteiger partial charge in [-0.2, -0.15) is 0 Å². The predicted octanol–water partition coefficient (Wildman–Crippen LogP) is 2.05. The highest BCUT2D eigenvalue weighted by molar-refractivity contribution is 5.69. The number of carbonyl (C=O) groups is 2. The third kappa shape index (κ3) is 5.90. The van der Waals surface area contributed by atoms with Crippen molar-refractivity contribution in [3.05, 3.63) is 35.9 Å². The Balaban J connectivity index is 1.69. The first-order chi connectivity index (χ1) is 11.0. The van der Waals surface area contributed by atoms with Gasteiger partial charge >= 0.3 is 12.1 Å². The van der Waals surface area contributed by atoms with Crippen LogP contribution in [0.25, 0.3) is 0 Å². The summed E-state index contributed by atoms with van der Waals surface area (Å²) in [6, 6.07) is 9.60. The van der Waals surface area contributed by atoms with E-state index in [2.05, 4.69) is 0 Å². The normalized spacial score (nSPS) is 16.0. The first-order valence-electron chi connectivity index (χ1n) is 7.90. The third-order valence-corrected chi connectivity index (χ3v) is 4.11. The number of nitrogens with zero attached hydrogens (tertiary/aromatic N) is 2. The summed E-state index contributed by atoms with van der Waals surface area (Å²) in [4.78, 5) is 26.3. The minimum atomic E-state index is -0.787. The van der Waals surface area contributed by atoms with Gasteiger partial charge in [0.2, 0.25) is 0 Å². The number of carboxylic acids is 1. The zero-order chi connectivity index (χ0) is 16.7. The van der Waals surface area contributed by atoms with Gasteiger partial charge in [-0.15, -0.1) is 0 Å². The van der Waals surface area contributed by atoms with E-state index in [1.54, 1.807) is 11.9 Å². The Morgan fingerprint density at radius 2 is 1.91 bits per heavy atom. The van der Waals surface area contributed by atoms with Crippen LogP contribution in [0.4, 0.5) is 4.79 Å². The molecule has 0 unspecified atom stereocenters. The van der Waals surface area contributed by atoms with Gasteiger partial charge in [0.1, 0.15) is 6.61 Å². The minimum Gasteiger partial charge on any atom is -0.480 e. The monoisotopic (exact) mass is 320 g/mol. The Hall–Kier alpha value is -2.08. The lowest BCUT2D eigenvalue weighted by Crippen LogP contribution is -2.41. The number of hydrogen-bond donors (Lipinski definition) is 1. The van der Waals surface area contributed by atoms with Crippen LogP contribution in [-0.4, -0.2) is 60.2 Å². The summed E-state index contributed by atoms with van der Waals surface area (Å²) < 4.78 is 5.30. The number of likely N-dealkylation sites (tertiary alicyclic amines) is 1. The molecule has 126 valence electrons. The number of benzene rings is 1. The highest BCUT2D eigenvalue weighted by Gasteiger charge is 2.23. The third-order valence-electron chi connectivity index (χ3n) is 4.11. The van der Waals surface area contributed by atoms with Gasteiger partial charge < -0.3 is 14.7 Å². The molecule has 1 aliphatic heterocycles. The van der Waals surface area contributed by atoms with Crippen molar-refractivity contribution in [1.82, 2.24) is 9.80 Å². The maximum Gasteiger partial charge on any atom is 0.409 e. The van der Waals surface area contributed by atoms with Gasteiger partial charge in [0.05, 0.1) is 6.54 Å². The summed E-state index contributed by atoms with van der Waals surface area (Å²) in [5, 5.41) is 8.79. The molecule has 6 nitrogen and oxygen atoms in total. The van der Waals surface area contributed by atoms with Crippen LogP contribution in [0.3, 0.4) is 0 Å². The number of ether oxygens (including phenoxy) is 1. The molecule has 0 atom stereocenters. The standard InChI is InChI=1S/C17H24N2O4/c1-18(17(22)23-13-15-5-3-2-4-6-15)11-14-7-9-19(10-8-14)12-16(20)21/h2-6,14H,7-13H2,1H3,(H,20,21). The Labute approximate surface area is 136 Å². The van der Waals surface area contributed by atoms with Crippen LogP contribution in [0.1, 0.15) is 18.4 Å². The maximum atomic E-state index is 12.0.